The van der Waals surface area contributed by atoms with E-state index < -0.39 is 6.10 Å². The minimum atomic E-state index is -0.430. The largest absolute Gasteiger partial charge is 0.489 e. The zero-order valence-corrected chi connectivity index (χ0v) is 13.3. The van der Waals surface area contributed by atoms with Crippen molar-refractivity contribution in [3.05, 3.63) is 29.8 Å². The number of aliphatic hydroxyl groups excluding tert-OH is 1. The van der Waals surface area contributed by atoms with E-state index >= 15 is 0 Å². The third kappa shape index (κ3) is 5.22. The lowest BCUT2D eigenvalue weighted by molar-refractivity contribution is 0.0940. The molecule has 1 aromatic carbocycles. The maximum absolute atomic E-state index is 11.9. The second-order valence-corrected chi connectivity index (χ2v) is 6.06. The highest BCUT2D eigenvalue weighted by molar-refractivity contribution is 5.74. The molecule has 0 heterocycles. The minimum absolute atomic E-state index is 0.121. The molecular formula is C17H26N2O3. The Kier molecular flexibility index (Phi) is 6.07. The van der Waals surface area contributed by atoms with Crippen molar-refractivity contribution in [2.75, 3.05) is 6.54 Å². The number of hydrogen-bond acceptors (Lipinski definition) is 3. The predicted octanol–water partition coefficient (Wildman–Crippen LogP) is 2.37. The molecule has 0 bridgehead atoms. The maximum atomic E-state index is 11.9. The van der Waals surface area contributed by atoms with E-state index in [2.05, 4.69) is 10.6 Å². The lowest BCUT2D eigenvalue weighted by atomic mass is 9.93. The molecule has 122 valence electrons. The van der Waals surface area contributed by atoms with Crippen molar-refractivity contribution >= 4 is 6.03 Å². The van der Waals surface area contributed by atoms with E-state index in [9.17, 15) is 9.90 Å². The number of aryl methyl sites for hydroxylation is 1. The van der Waals surface area contributed by atoms with Gasteiger partial charge in [0.1, 0.15) is 11.9 Å². The van der Waals surface area contributed by atoms with E-state index in [1.807, 2.05) is 38.1 Å². The summed E-state index contributed by atoms with van der Waals surface area (Å²) < 4.78 is 5.76. The molecule has 1 aliphatic carbocycles. The third-order valence-corrected chi connectivity index (χ3v) is 3.92. The first-order valence-electron chi connectivity index (χ1n) is 8.00. The molecule has 5 heteroatoms. The summed E-state index contributed by atoms with van der Waals surface area (Å²) >= 11 is 0. The van der Waals surface area contributed by atoms with Crippen molar-refractivity contribution in [3.8, 4) is 5.75 Å². The molecule has 1 saturated carbocycles. The van der Waals surface area contributed by atoms with Crippen LogP contribution in [0.4, 0.5) is 4.79 Å². The third-order valence-electron chi connectivity index (χ3n) is 3.92. The summed E-state index contributed by atoms with van der Waals surface area (Å²) in [4.78, 5) is 11.9. The smallest absolute Gasteiger partial charge is 0.315 e. The summed E-state index contributed by atoms with van der Waals surface area (Å²) in [5, 5.41) is 15.5. The van der Waals surface area contributed by atoms with Gasteiger partial charge < -0.3 is 20.5 Å². The highest BCUT2D eigenvalue weighted by Gasteiger charge is 2.24. The molecule has 1 fully saturated rings. The Morgan fingerprint density at radius 3 is 2.91 bits per heavy atom. The molecule has 22 heavy (non-hydrogen) atoms. The van der Waals surface area contributed by atoms with Crippen LogP contribution in [0.15, 0.2) is 24.3 Å². The molecular weight excluding hydrogens is 280 g/mol. The van der Waals surface area contributed by atoms with Crippen LogP contribution in [0.1, 0.15) is 38.2 Å². The number of amides is 2. The standard InChI is InChI=1S/C17H26N2O3/c1-12-6-5-7-14(10-12)22-13(2)11-18-17(21)19-15-8-3-4-9-16(15)20/h5-7,10,13,15-16,20H,3-4,8-9,11H2,1-2H3,(H2,18,19,21). The summed E-state index contributed by atoms with van der Waals surface area (Å²) in [6.07, 6.45) is 3.13. The summed E-state index contributed by atoms with van der Waals surface area (Å²) in [5.41, 5.74) is 1.14. The molecule has 0 aliphatic heterocycles. The first kappa shape index (κ1) is 16.6. The Balaban J connectivity index is 1.71. The van der Waals surface area contributed by atoms with Crippen LogP contribution in [0.5, 0.6) is 5.75 Å². The van der Waals surface area contributed by atoms with Crippen molar-refractivity contribution in [3.63, 3.8) is 0 Å². The van der Waals surface area contributed by atoms with Crippen LogP contribution < -0.4 is 15.4 Å². The van der Waals surface area contributed by atoms with Crippen LogP contribution in [-0.4, -0.2) is 35.9 Å². The van der Waals surface area contributed by atoms with E-state index in [0.29, 0.717) is 6.54 Å². The van der Waals surface area contributed by atoms with Gasteiger partial charge in [0.15, 0.2) is 0 Å². The van der Waals surface area contributed by atoms with E-state index in [1.54, 1.807) is 0 Å². The zero-order chi connectivity index (χ0) is 15.9. The van der Waals surface area contributed by atoms with E-state index in [4.69, 9.17) is 4.74 Å². The second kappa shape index (κ2) is 8.03. The van der Waals surface area contributed by atoms with Gasteiger partial charge in [-0.1, -0.05) is 25.0 Å². The van der Waals surface area contributed by atoms with Gasteiger partial charge in [-0.15, -0.1) is 0 Å². The van der Waals surface area contributed by atoms with Crippen LogP contribution in [0.25, 0.3) is 0 Å². The van der Waals surface area contributed by atoms with Crippen molar-refractivity contribution in [2.45, 2.75) is 57.8 Å². The summed E-state index contributed by atoms with van der Waals surface area (Å²) in [7, 11) is 0. The van der Waals surface area contributed by atoms with Gasteiger partial charge >= 0.3 is 6.03 Å². The number of aliphatic hydroxyl groups is 1. The molecule has 3 N–H and O–H groups in total. The quantitative estimate of drug-likeness (QED) is 0.782. The monoisotopic (exact) mass is 306 g/mol. The van der Waals surface area contributed by atoms with Gasteiger partial charge in [-0.05, 0) is 44.4 Å². The molecule has 3 atom stereocenters. The number of nitrogens with one attached hydrogen (secondary N) is 2. The Bertz CT molecular complexity index is 493. The van der Waals surface area contributed by atoms with E-state index in [1.165, 1.54) is 0 Å². The zero-order valence-electron chi connectivity index (χ0n) is 13.3. The Morgan fingerprint density at radius 2 is 2.18 bits per heavy atom. The molecule has 2 rings (SSSR count). The fraction of sp³-hybridized carbons (Fsp3) is 0.588. The summed E-state index contributed by atoms with van der Waals surface area (Å²) in [6, 6.07) is 7.45. The normalized spacial score (nSPS) is 22.7. The summed E-state index contributed by atoms with van der Waals surface area (Å²) in [6.45, 7) is 4.35. The molecule has 1 aromatic rings. The van der Waals surface area contributed by atoms with Gasteiger partial charge in [-0.25, -0.2) is 4.79 Å². The van der Waals surface area contributed by atoms with Crippen LogP contribution in [0.3, 0.4) is 0 Å². The van der Waals surface area contributed by atoms with Crippen LogP contribution in [0.2, 0.25) is 0 Å². The highest BCUT2D eigenvalue weighted by Crippen LogP contribution is 2.18. The molecule has 0 saturated heterocycles. The SMILES string of the molecule is Cc1cccc(OC(C)CNC(=O)NC2CCCCC2O)c1. The average Bonchev–Trinajstić information content (AvgIpc) is 2.48. The number of carbonyl (C=O) groups is 1. The number of hydrogen-bond donors (Lipinski definition) is 3. The van der Waals surface area contributed by atoms with Crippen LogP contribution in [-0.2, 0) is 0 Å². The van der Waals surface area contributed by atoms with Crippen LogP contribution in [0, 0.1) is 6.92 Å². The number of benzene rings is 1. The van der Waals surface area contributed by atoms with Crippen molar-refractivity contribution in [1.82, 2.24) is 10.6 Å². The average molecular weight is 306 g/mol. The Morgan fingerprint density at radius 1 is 1.41 bits per heavy atom. The number of carbonyl (C=O) groups excluding carboxylic acids is 1. The summed E-state index contributed by atoms with van der Waals surface area (Å²) in [5.74, 6) is 0.803. The molecule has 5 nitrogen and oxygen atoms in total. The molecule has 2 amide bonds. The maximum Gasteiger partial charge on any atom is 0.315 e. The van der Waals surface area contributed by atoms with Gasteiger partial charge in [0.25, 0.3) is 0 Å². The van der Waals surface area contributed by atoms with Gasteiger partial charge in [-0.2, -0.15) is 0 Å². The van der Waals surface area contributed by atoms with E-state index in [-0.39, 0.29) is 18.2 Å². The predicted molar refractivity (Wildman–Crippen MR) is 86.1 cm³/mol. The lowest BCUT2D eigenvalue weighted by Crippen LogP contribution is -2.50. The molecule has 0 aromatic heterocycles. The first-order chi connectivity index (χ1) is 10.5. The number of ether oxygens (including phenoxy) is 1. The fourth-order valence-corrected chi connectivity index (χ4v) is 2.70. The topological polar surface area (TPSA) is 70.6 Å². The fourth-order valence-electron chi connectivity index (χ4n) is 2.70. The Hall–Kier alpha value is -1.75. The number of urea groups is 1. The van der Waals surface area contributed by atoms with Gasteiger partial charge in [-0.3, -0.25) is 0 Å². The second-order valence-electron chi connectivity index (χ2n) is 6.06. The Labute approximate surface area is 132 Å². The van der Waals surface area contributed by atoms with E-state index in [0.717, 1.165) is 37.0 Å². The molecule has 0 spiro atoms. The van der Waals surface area contributed by atoms with Crippen molar-refractivity contribution in [1.29, 1.82) is 0 Å². The lowest BCUT2D eigenvalue weighted by Gasteiger charge is -2.28. The first-order valence-corrected chi connectivity index (χ1v) is 8.00. The molecule has 0 radical (unpaired) electrons. The highest BCUT2D eigenvalue weighted by atomic mass is 16.5. The molecule has 1 aliphatic rings. The van der Waals surface area contributed by atoms with Crippen molar-refractivity contribution < 1.29 is 14.6 Å². The number of rotatable bonds is 5. The van der Waals surface area contributed by atoms with Crippen molar-refractivity contribution in [2.24, 2.45) is 0 Å². The van der Waals surface area contributed by atoms with Gasteiger partial charge in [0.2, 0.25) is 0 Å². The van der Waals surface area contributed by atoms with Gasteiger partial charge in [0, 0.05) is 0 Å². The minimum Gasteiger partial charge on any atom is -0.489 e. The van der Waals surface area contributed by atoms with Crippen LogP contribution >= 0.6 is 0 Å². The van der Waals surface area contributed by atoms with Gasteiger partial charge in [0.05, 0.1) is 18.7 Å². The molecule has 3 unspecified atom stereocenters.